The number of hydrogen-bond donors (Lipinski definition) is 0. The van der Waals surface area contributed by atoms with Crippen LogP contribution in [-0.4, -0.2) is 70.0 Å². The van der Waals surface area contributed by atoms with Gasteiger partial charge in [-0.05, 0) is 12.8 Å². The Balaban J connectivity index is 4.38. The fourth-order valence-corrected chi connectivity index (χ4v) is 3.95. The lowest BCUT2D eigenvalue weighted by Crippen LogP contribution is -2.37. The van der Waals surface area contributed by atoms with Crippen molar-refractivity contribution in [2.75, 3.05) is 47.5 Å². The SMILES string of the molecule is CCCCCCCCCCCCC(=O)OC(COC(=O)CCC)COP(=O)([O-])OCC[N+](C)(C)C. The molecular formula is C25H50NO8P. The molecule has 0 spiro atoms. The maximum Gasteiger partial charge on any atom is 0.306 e. The highest BCUT2D eigenvalue weighted by atomic mass is 31.2. The molecule has 0 N–H and O–H groups in total. The molecular weight excluding hydrogens is 473 g/mol. The number of hydrogen-bond acceptors (Lipinski definition) is 8. The van der Waals surface area contributed by atoms with Gasteiger partial charge in [-0.25, -0.2) is 0 Å². The van der Waals surface area contributed by atoms with Gasteiger partial charge in [0.15, 0.2) is 6.10 Å². The Morgan fingerprint density at radius 1 is 0.771 bits per heavy atom. The van der Waals surface area contributed by atoms with Crippen molar-refractivity contribution in [1.29, 1.82) is 0 Å². The summed E-state index contributed by atoms with van der Waals surface area (Å²) < 4.78 is 32.8. The molecule has 2 unspecified atom stereocenters. The van der Waals surface area contributed by atoms with Gasteiger partial charge in [0.05, 0.1) is 27.7 Å². The van der Waals surface area contributed by atoms with Crippen molar-refractivity contribution in [3.63, 3.8) is 0 Å². The molecule has 0 bridgehead atoms. The van der Waals surface area contributed by atoms with Crippen molar-refractivity contribution in [2.24, 2.45) is 0 Å². The lowest BCUT2D eigenvalue weighted by molar-refractivity contribution is -0.870. The van der Waals surface area contributed by atoms with E-state index < -0.39 is 32.5 Å². The Bertz CT molecular complexity index is 609. The van der Waals surface area contributed by atoms with Crippen molar-refractivity contribution in [3.05, 3.63) is 0 Å². The first kappa shape index (κ1) is 34.0. The molecule has 0 saturated carbocycles. The van der Waals surface area contributed by atoms with E-state index in [1.807, 2.05) is 28.1 Å². The van der Waals surface area contributed by atoms with Gasteiger partial charge >= 0.3 is 11.9 Å². The number of esters is 2. The van der Waals surface area contributed by atoms with Crippen LogP contribution in [0, 0.1) is 0 Å². The van der Waals surface area contributed by atoms with Gasteiger partial charge in [-0.2, -0.15) is 0 Å². The number of nitrogens with zero attached hydrogens (tertiary/aromatic N) is 1. The molecule has 0 aliphatic heterocycles. The fraction of sp³-hybridized carbons (Fsp3) is 0.920. The lowest BCUT2D eigenvalue weighted by atomic mass is 10.1. The van der Waals surface area contributed by atoms with Crippen molar-refractivity contribution >= 4 is 19.8 Å². The highest BCUT2D eigenvalue weighted by molar-refractivity contribution is 7.45. The minimum atomic E-state index is -4.57. The summed E-state index contributed by atoms with van der Waals surface area (Å²) in [6.07, 6.45) is 11.6. The molecule has 0 aromatic heterocycles. The second-order valence-electron chi connectivity index (χ2n) is 10.1. The predicted molar refractivity (Wildman–Crippen MR) is 135 cm³/mol. The highest BCUT2D eigenvalue weighted by Gasteiger charge is 2.21. The van der Waals surface area contributed by atoms with Crippen molar-refractivity contribution < 1.29 is 42.1 Å². The van der Waals surface area contributed by atoms with Gasteiger partial charge in [0.2, 0.25) is 0 Å². The van der Waals surface area contributed by atoms with Gasteiger partial charge in [-0.1, -0.05) is 71.6 Å². The van der Waals surface area contributed by atoms with Crippen LogP contribution in [0.2, 0.25) is 0 Å². The van der Waals surface area contributed by atoms with Crippen LogP contribution in [0.3, 0.4) is 0 Å². The zero-order valence-corrected chi connectivity index (χ0v) is 23.7. The third-order valence-corrected chi connectivity index (χ3v) is 6.31. The summed E-state index contributed by atoms with van der Waals surface area (Å²) in [7, 11) is 1.16. The molecule has 0 fully saturated rings. The quantitative estimate of drug-likeness (QED) is 0.0816. The average molecular weight is 524 g/mol. The minimum Gasteiger partial charge on any atom is -0.756 e. The first-order valence-corrected chi connectivity index (χ1v) is 14.7. The predicted octanol–water partition coefficient (Wildman–Crippen LogP) is 4.76. The molecule has 0 aromatic carbocycles. The molecule has 0 saturated heterocycles. The third kappa shape index (κ3) is 23.2. The monoisotopic (exact) mass is 523 g/mol. The minimum absolute atomic E-state index is 0.0288. The number of quaternary nitrogens is 1. The number of unbranched alkanes of at least 4 members (excludes halogenated alkanes) is 9. The van der Waals surface area contributed by atoms with E-state index in [1.165, 1.54) is 38.5 Å². The fourth-order valence-electron chi connectivity index (χ4n) is 3.22. The summed E-state index contributed by atoms with van der Waals surface area (Å²) in [4.78, 5) is 36.0. The number of carbonyl (C=O) groups excluding carboxylic acids is 2. The highest BCUT2D eigenvalue weighted by Crippen LogP contribution is 2.38. The summed E-state index contributed by atoms with van der Waals surface area (Å²) in [6, 6.07) is 0. The number of phosphoric ester groups is 1. The molecule has 0 heterocycles. The van der Waals surface area contributed by atoms with Crippen LogP contribution < -0.4 is 4.89 Å². The van der Waals surface area contributed by atoms with E-state index >= 15 is 0 Å². The number of rotatable bonds is 23. The van der Waals surface area contributed by atoms with Gasteiger partial charge in [-0.3, -0.25) is 14.2 Å². The number of ether oxygens (including phenoxy) is 2. The van der Waals surface area contributed by atoms with Crippen LogP contribution in [-0.2, 0) is 32.7 Å². The van der Waals surface area contributed by atoms with E-state index in [1.54, 1.807) is 0 Å². The third-order valence-electron chi connectivity index (χ3n) is 5.35. The number of phosphoric acid groups is 1. The Morgan fingerprint density at radius 3 is 1.89 bits per heavy atom. The Kier molecular flexibility index (Phi) is 19.5. The molecule has 0 radical (unpaired) electrons. The van der Waals surface area contributed by atoms with Crippen LogP contribution in [0.15, 0.2) is 0 Å². The summed E-state index contributed by atoms with van der Waals surface area (Å²) in [6.45, 7) is 3.77. The normalized spacial score (nSPS) is 14.3. The molecule has 208 valence electrons. The van der Waals surface area contributed by atoms with Gasteiger partial charge in [0.25, 0.3) is 7.82 Å². The summed E-state index contributed by atoms with van der Waals surface area (Å²) in [5, 5.41) is 0. The molecule has 0 aromatic rings. The van der Waals surface area contributed by atoms with E-state index in [4.69, 9.17) is 18.5 Å². The molecule has 2 atom stereocenters. The number of carbonyl (C=O) groups is 2. The molecule has 0 amide bonds. The Morgan fingerprint density at radius 2 is 1.34 bits per heavy atom. The smallest absolute Gasteiger partial charge is 0.306 e. The lowest BCUT2D eigenvalue weighted by Gasteiger charge is -2.28. The van der Waals surface area contributed by atoms with Crippen LogP contribution in [0.25, 0.3) is 0 Å². The maximum absolute atomic E-state index is 12.3. The van der Waals surface area contributed by atoms with E-state index in [-0.39, 0.29) is 26.1 Å². The summed E-state index contributed by atoms with van der Waals surface area (Å²) in [5.74, 6) is -0.899. The molecule has 0 rings (SSSR count). The van der Waals surface area contributed by atoms with E-state index in [9.17, 15) is 19.0 Å². The van der Waals surface area contributed by atoms with Crippen molar-refractivity contribution in [1.82, 2.24) is 0 Å². The second kappa shape index (κ2) is 20.1. The molecule has 0 aliphatic carbocycles. The van der Waals surface area contributed by atoms with Gasteiger partial charge < -0.3 is 27.9 Å². The first-order valence-electron chi connectivity index (χ1n) is 13.2. The van der Waals surface area contributed by atoms with Gasteiger partial charge in [0, 0.05) is 12.8 Å². The summed E-state index contributed by atoms with van der Waals surface area (Å²) >= 11 is 0. The molecule has 35 heavy (non-hydrogen) atoms. The van der Waals surface area contributed by atoms with E-state index in [2.05, 4.69) is 6.92 Å². The largest absolute Gasteiger partial charge is 0.756 e. The van der Waals surface area contributed by atoms with Crippen LogP contribution in [0.4, 0.5) is 0 Å². The average Bonchev–Trinajstić information content (AvgIpc) is 2.76. The van der Waals surface area contributed by atoms with E-state index in [0.717, 1.165) is 19.3 Å². The Hall–Kier alpha value is -0.990. The maximum atomic E-state index is 12.3. The molecule has 0 aliphatic rings. The van der Waals surface area contributed by atoms with Crippen molar-refractivity contribution in [2.45, 2.75) is 103 Å². The number of likely N-dealkylation sites (N-methyl/N-ethyl adjacent to an activating group) is 1. The van der Waals surface area contributed by atoms with Crippen LogP contribution in [0.1, 0.15) is 97.3 Å². The van der Waals surface area contributed by atoms with Gasteiger partial charge in [-0.15, -0.1) is 0 Å². The van der Waals surface area contributed by atoms with E-state index in [0.29, 0.717) is 23.9 Å². The first-order chi connectivity index (χ1) is 16.5. The Labute approximate surface area is 213 Å². The standard InChI is InChI=1S/C25H50NO8P/c1-6-8-9-10-11-12-13-14-15-16-18-25(28)34-23(21-31-24(27)17-7-2)22-33-35(29,30)32-20-19-26(3,4)5/h23H,6-22H2,1-5H3. The molecule has 10 heteroatoms. The molecule has 9 nitrogen and oxygen atoms in total. The zero-order valence-electron chi connectivity index (χ0n) is 22.8. The van der Waals surface area contributed by atoms with Crippen LogP contribution in [0.5, 0.6) is 0 Å². The second-order valence-corrected chi connectivity index (χ2v) is 11.5. The zero-order chi connectivity index (χ0) is 26.6. The summed E-state index contributed by atoms with van der Waals surface area (Å²) in [5.41, 5.74) is 0. The van der Waals surface area contributed by atoms with Gasteiger partial charge in [0.1, 0.15) is 19.8 Å². The van der Waals surface area contributed by atoms with Crippen LogP contribution >= 0.6 is 7.82 Å². The topological polar surface area (TPSA) is 111 Å². The van der Waals surface area contributed by atoms with Crippen molar-refractivity contribution in [3.8, 4) is 0 Å².